The van der Waals surface area contributed by atoms with Crippen LogP contribution in [-0.2, 0) is 19.7 Å². The minimum Gasteiger partial charge on any atom is -0.497 e. The summed E-state index contributed by atoms with van der Waals surface area (Å²) in [6, 6.07) is 14.8. The third-order valence-corrected chi connectivity index (χ3v) is 8.17. The summed E-state index contributed by atoms with van der Waals surface area (Å²) in [6.07, 6.45) is 1.34. The molecule has 0 aliphatic carbocycles. The first-order chi connectivity index (χ1) is 13.7. The van der Waals surface area contributed by atoms with Crippen LogP contribution in [0.3, 0.4) is 0 Å². The van der Waals surface area contributed by atoms with Crippen molar-refractivity contribution in [2.24, 2.45) is 0 Å². The molecule has 0 fully saturated rings. The Balaban J connectivity index is 2.22. The van der Waals surface area contributed by atoms with E-state index in [0.29, 0.717) is 0 Å². The first-order valence-corrected chi connectivity index (χ1v) is 11.8. The van der Waals surface area contributed by atoms with Crippen LogP contribution in [0.2, 0.25) is 0 Å². The van der Waals surface area contributed by atoms with Crippen molar-refractivity contribution in [3.63, 3.8) is 0 Å². The van der Waals surface area contributed by atoms with Crippen LogP contribution >= 0.6 is 0 Å². The van der Waals surface area contributed by atoms with Crippen LogP contribution in [0.4, 0.5) is 0 Å². The van der Waals surface area contributed by atoms with E-state index in [2.05, 4.69) is 4.98 Å². The molecule has 0 aliphatic rings. The highest BCUT2D eigenvalue weighted by atomic mass is 32.2. The van der Waals surface area contributed by atoms with Crippen LogP contribution in [0, 0.1) is 0 Å². The fourth-order valence-corrected chi connectivity index (χ4v) is 6.09. The molecular weight excluding hydrogens is 410 g/mol. The van der Waals surface area contributed by atoms with Gasteiger partial charge in [0.15, 0.2) is 5.03 Å². The summed E-state index contributed by atoms with van der Waals surface area (Å²) in [4.78, 5) is 3.21. The predicted octanol–water partition coefficient (Wildman–Crippen LogP) is 3.88. The molecule has 3 rings (SSSR count). The van der Waals surface area contributed by atoms with E-state index in [1.807, 2.05) is 13.8 Å². The average Bonchev–Trinajstić information content (AvgIpc) is 2.74. The van der Waals surface area contributed by atoms with Crippen molar-refractivity contribution in [3.05, 3.63) is 72.4 Å². The highest BCUT2D eigenvalue weighted by Crippen LogP contribution is 2.33. The molecule has 0 saturated carbocycles. The second-order valence-corrected chi connectivity index (χ2v) is 10.5. The van der Waals surface area contributed by atoms with Crippen LogP contribution in [0.15, 0.2) is 86.6 Å². The molecule has 0 N–H and O–H groups in total. The molecule has 0 saturated heterocycles. The molecule has 1 aromatic heterocycles. The van der Waals surface area contributed by atoms with Gasteiger partial charge in [0, 0.05) is 12.3 Å². The van der Waals surface area contributed by atoms with E-state index in [1.165, 1.54) is 55.8 Å². The van der Waals surface area contributed by atoms with Crippen molar-refractivity contribution in [1.82, 2.24) is 4.98 Å². The minimum atomic E-state index is -4.19. The van der Waals surface area contributed by atoms with Crippen LogP contribution < -0.4 is 4.74 Å². The lowest BCUT2D eigenvalue weighted by molar-refractivity contribution is 0.412. The van der Waals surface area contributed by atoms with Crippen LogP contribution in [0.1, 0.15) is 25.3 Å². The summed E-state index contributed by atoms with van der Waals surface area (Å²) in [6.45, 7) is 4.01. The van der Waals surface area contributed by atoms with Gasteiger partial charge in [-0.1, -0.05) is 32.0 Å². The predicted molar refractivity (Wildman–Crippen MR) is 109 cm³/mol. The maximum absolute atomic E-state index is 13.3. The van der Waals surface area contributed by atoms with E-state index < -0.39 is 19.7 Å². The number of sulfone groups is 2. The Labute approximate surface area is 171 Å². The summed E-state index contributed by atoms with van der Waals surface area (Å²) in [5.74, 6) is 0.474. The van der Waals surface area contributed by atoms with Gasteiger partial charge in [-0.05, 0) is 47.9 Å². The van der Waals surface area contributed by atoms with Gasteiger partial charge in [0.25, 0.3) is 0 Å². The van der Waals surface area contributed by atoms with Crippen molar-refractivity contribution in [2.75, 3.05) is 7.11 Å². The highest BCUT2D eigenvalue weighted by Gasteiger charge is 2.30. The van der Waals surface area contributed by atoms with Crippen LogP contribution in [-0.4, -0.2) is 28.9 Å². The Morgan fingerprint density at radius 2 is 1.52 bits per heavy atom. The molecular formula is C21H21NO5S2. The Morgan fingerprint density at radius 1 is 0.828 bits per heavy atom. The fourth-order valence-electron chi connectivity index (χ4n) is 2.82. The van der Waals surface area contributed by atoms with E-state index in [9.17, 15) is 16.8 Å². The van der Waals surface area contributed by atoms with Gasteiger partial charge in [-0.3, -0.25) is 0 Å². The first-order valence-electron chi connectivity index (χ1n) is 8.87. The fraction of sp³-hybridized carbons (Fsp3) is 0.190. The molecule has 8 heteroatoms. The molecule has 1 heterocycles. The Kier molecular flexibility index (Phi) is 5.77. The number of rotatable bonds is 6. The quantitative estimate of drug-likeness (QED) is 0.588. The smallest absolute Gasteiger partial charge is 0.225 e. The summed E-state index contributed by atoms with van der Waals surface area (Å²) < 4.78 is 58.0. The third kappa shape index (κ3) is 4.04. The van der Waals surface area contributed by atoms with Crippen molar-refractivity contribution >= 4 is 19.7 Å². The standard InChI is InChI=1S/C21H21NO5S2/c1-15(2)16-7-10-18(11-8-16)28(23,24)19-12-9-17(27-3)14-20(19)29(25,26)21-6-4-5-13-22-21/h4-15H,1-3H3. The normalized spacial score (nSPS) is 12.1. The summed E-state index contributed by atoms with van der Waals surface area (Å²) in [5.41, 5.74) is 0.986. The molecule has 0 unspecified atom stereocenters. The van der Waals surface area contributed by atoms with Gasteiger partial charge in [-0.15, -0.1) is 0 Å². The highest BCUT2D eigenvalue weighted by molar-refractivity contribution is 7.94. The Hall–Kier alpha value is -2.71. The minimum absolute atomic E-state index is 0.0181. The number of nitrogens with zero attached hydrogens (tertiary/aromatic N) is 1. The number of aromatic nitrogens is 1. The van der Waals surface area contributed by atoms with Gasteiger partial charge in [0.2, 0.25) is 19.7 Å². The number of benzene rings is 2. The third-order valence-electron chi connectivity index (χ3n) is 4.50. The summed E-state index contributed by atoms with van der Waals surface area (Å²) in [7, 11) is -6.90. The first kappa shape index (κ1) is 21.0. The van der Waals surface area contributed by atoms with Gasteiger partial charge >= 0.3 is 0 Å². The van der Waals surface area contributed by atoms with Gasteiger partial charge in [-0.25, -0.2) is 21.8 Å². The van der Waals surface area contributed by atoms with E-state index in [-0.39, 0.29) is 31.4 Å². The zero-order chi connectivity index (χ0) is 21.2. The van der Waals surface area contributed by atoms with Gasteiger partial charge in [0.1, 0.15) is 5.75 Å². The zero-order valence-electron chi connectivity index (χ0n) is 16.2. The van der Waals surface area contributed by atoms with E-state index >= 15 is 0 Å². The number of methoxy groups -OCH3 is 1. The molecule has 0 radical (unpaired) electrons. The largest absolute Gasteiger partial charge is 0.497 e. The molecule has 152 valence electrons. The lowest BCUT2D eigenvalue weighted by atomic mass is 10.0. The van der Waals surface area contributed by atoms with Crippen molar-refractivity contribution < 1.29 is 21.6 Å². The zero-order valence-corrected chi connectivity index (χ0v) is 17.9. The SMILES string of the molecule is COc1ccc(S(=O)(=O)c2ccc(C(C)C)cc2)c(S(=O)(=O)c2ccccn2)c1. The molecule has 2 aromatic carbocycles. The molecule has 29 heavy (non-hydrogen) atoms. The summed E-state index contributed by atoms with van der Waals surface area (Å²) >= 11 is 0. The van der Waals surface area contributed by atoms with Crippen LogP contribution in [0.5, 0.6) is 5.75 Å². The Morgan fingerprint density at radius 3 is 2.07 bits per heavy atom. The number of ether oxygens (including phenoxy) is 1. The van der Waals surface area contributed by atoms with Crippen molar-refractivity contribution in [3.8, 4) is 5.75 Å². The average molecular weight is 432 g/mol. The van der Waals surface area contributed by atoms with Crippen molar-refractivity contribution in [1.29, 1.82) is 0 Å². The Bertz CT molecular complexity index is 1220. The van der Waals surface area contributed by atoms with Crippen molar-refractivity contribution in [2.45, 2.75) is 39.5 Å². The van der Waals surface area contributed by atoms with E-state index in [4.69, 9.17) is 4.74 Å². The monoisotopic (exact) mass is 431 g/mol. The molecule has 0 amide bonds. The maximum atomic E-state index is 13.3. The molecule has 0 aliphatic heterocycles. The molecule has 0 atom stereocenters. The molecule has 0 spiro atoms. The van der Waals surface area contributed by atoms with E-state index in [1.54, 1.807) is 18.2 Å². The van der Waals surface area contributed by atoms with Gasteiger partial charge in [0.05, 0.1) is 21.8 Å². The molecule has 0 bridgehead atoms. The second-order valence-electron chi connectivity index (χ2n) is 6.71. The number of hydrogen-bond donors (Lipinski definition) is 0. The van der Waals surface area contributed by atoms with Gasteiger partial charge < -0.3 is 4.74 Å². The number of hydrogen-bond acceptors (Lipinski definition) is 6. The lowest BCUT2D eigenvalue weighted by Crippen LogP contribution is -2.12. The topological polar surface area (TPSA) is 90.4 Å². The molecule has 6 nitrogen and oxygen atoms in total. The molecule has 3 aromatic rings. The number of pyridine rings is 1. The van der Waals surface area contributed by atoms with Crippen LogP contribution in [0.25, 0.3) is 0 Å². The summed E-state index contributed by atoms with van der Waals surface area (Å²) in [5, 5.41) is -0.236. The lowest BCUT2D eigenvalue weighted by Gasteiger charge is -2.13. The maximum Gasteiger partial charge on any atom is 0.225 e. The van der Waals surface area contributed by atoms with Gasteiger partial charge in [-0.2, -0.15) is 0 Å². The second kappa shape index (κ2) is 7.96. The van der Waals surface area contributed by atoms with E-state index in [0.717, 1.165) is 5.56 Å².